The highest BCUT2D eigenvalue weighted by molar-refractivity contribution is 7.90. The molecule has 2 heterocycles. The Morgan fingerprint density at radius 3 is 2.35 bits per heavy atom. The van der Waals surface area contributed by atoms with E-state index >= 15 is 0 Å². The largest absolute Gasteiger partial charge is 0.497 e. The number of rotatable bonds is 7. The van der Waals surface area contributed by atoms with Crippen molar-refractivity contribution in [1.82, 2.24) is 19.4 Å². The van der Waals surface area contributed by atoms with Crippen molar-refractivity contribution < 1.29 is 27.5 Å². The SMILES string of the molecule is COc1ccc2c(c1)C(=O)N(CCc1cc(S(=O)(=O)NC(=O)Nc3c4c(cc5c3CCC5)CCC4)nn1C)C(=O)C2(C)C. The number of methoxy groups -OCH3 is 1. The molecule has 3 aliphatic rings. The number of aromatic nitrogens is 2. The van der Waals surface area contributed by atoms with Crippen LogP contribution in [0.3, 0.4) is 0 Å². The van der Waals surface area contributed by atoms with Crippen molar-refractivity contribution in [2.24, 2.45) is 7.05 Å². The van der Waals surface area contributed by atoms with Crippen LogP contribution in [0.5, 0.6) is 5.75 Å². The van der Waals surface area contributed by atoms with Crippen LogP contribution in [0.2, 0.25) is 0 Å². The average molecular weight is 606 g/mol. The number of nitrogens with zero attached hydrogens (tertiary/aromatic N) is 3. The van der Waals surface area contributed by atoms with Gasteiger partial charge in [0, 0.05) is 43.0 Å². The number of amides is 4. The van der Waals surface area contributed by atoms with E-state index in [0.717, 1.165) is 55.3 Å². The number of hydrogen-bond acceptors (Lipinski definition) is 7. The fourth-order valence-corrected chi connectivity index (χ4v) is 7.54. The quantitative estimate of drug-likeness (QED) is 0.394. The van der Waals surface area contributed by atoms with Gasteiger partial charge in [-0.3, -0.25) is 19.2 Å². The average Bonchev–Trinajstić information content (AvgIpc) is 3.72. The first kappa shape index (κ1) is 28.9. The molecule has 6 rings (SSSR count). The fourth-order valence-electron chi connectivity index (χ4n) is 6.61. The van der Waals surface area contributed by atoms with Gasteiger partial charge >= 0.3 is 6.03 Å². The number of urea groups is 1. The highest BCUT2D eigenvalue weighted by atomic mass is 32.2. The van der Waals surface area contributed by atoms with E-state index in [1.54, 1.807) is 39.1 Å². The third-order valence-electron chi connectivity index (χ3n) is 8.92. The molecule has 2 N–H and O–H groups in total. The lowest BCUT2D eigenvalue weighted by Gasteiger charge is -2.37. The van der Waals surface area contributed by atoms with Crippen molar-refractivity contribution in [2.75, 3.05) is 19.0 Å². The zero-order chi connectivity index (χ0) is 30.7. The number of imide groups is 1. The molecule has 0 bridgehead atoms. The molecule has 2 aliphatic carbocycles. The lowest BCUT2D eigenvalue weighted by Crippen LogP contribution is -2.52. The number of benzene rings is 2. The van der Waals surface area contributed by atoms with Crippen molar-refractivity contribution >= 4 is 33.6 Å². The van der Waals surface area contributed by atoms with Gasteiger partial charge in [-0.15, -0.1) is 0 Å². The van der Waals surface area contributed by atoms with Gasteiger partial charge in [0.1, 0.15) is 5.75 Å². The summed E-state index contributed by atoms with van der Waals surface area (Å²) in [6, 6.07) is 7.85. The molecule has 4 amide bonds. The first-order chi connectivity index (χ1) is 20.4. The van der Waals surface area contributed by atoms with E-state index in [1.807, 2.05) is 0 Å². The van der Waals surface area contributed by atoms with Gasteiger partial charge in [0.25, 0.3) is 15.9 Å². The monoisotopic (exact) mass is 605 g/mol. The van der Waals surface area contributed by atoms with Crippen LogP contribution in [0, 0.1) is 0 Å². The Bertz CT molecular complexity index is 1760. The van der Waals surface area contributed by atoms with Crippen LogP contribution in [0.1, 0.15) is 70.6 Å². The minimum Gasteiger partial charge on any atom is -0.497 e. The zero-order valence-electron chi connectivity index (χ0n) is 24.7. The number of anilines is 1. The first-order valence-corrected chi connectivity index (χ1v) is 16.0. The van der Waals surface area contributed by atoms with Crippen LogP contribution in [0.15, 0.2) is 35.4 Å². The van der Waals surface area contributed by atoms with Gasteiger partial charge in [-0.05, 0) is 92.3 Å². The third-order valence-corrected chi connectivity index (χ3v) is 10.1. The molecule has 0 fully saturated rings. The van der Waals surface area contributed by atoms with Crippen LogP contribution in [0.4, 0.5) is 10.5 Å². The Morgan fingerprint density at radius 2 is 1.70 bits per heavy atom. The highest BCUT2D eigenvalue weighted by Crippen LogP contribution is 2.39. The van der Waals surface area contributed by atoms with Crippen LogP contribution in [0.25, 0.3) is 0 Å². The molecular formula is C31H35N5O6S. The standard InChI is InChI=1S/C31H35N5O6S/c1-31(2)25-12-11-21(42-4)17-24(25)28(37)36(29(31)38)14-13-20-16-26(33-35(20)3)43(40,41)34-30(39)32-27-22-9-5-7-18(22)15-19-8-6-10-23(19)27/h11-12,15-17H,5-10,13-14H2,1-4H3,(H2,32,34,39). The molecule has 12 heteroatoms. The van der Waals surface area contributed by atoms with Crippen LogP contribution in [-0.2, 0) is 59.4 Å². The van der Waals surface area contributed by atoms with Crippen molar-refractivity contribution in [3.63, 3.8) is 0 Å². The second-order valence-corrected chi connectivity index (χ2v) is 13.6. The minimum atomic E-state index is -4.30. The first-order valence-electron chi connectivity index (χ1n) is 14.5. The zero-order valence-corrected chi connectivity index (χ0v) is 25.6. The van der Waals surface area contributed by atoms with E-state index < -0.39 is 27.4 Å². The molecule has 0 atom stereocenters. The summed E-state index contributed by atoms with van der Waals surface area (Å²) in [7, 11) is -1.21. The van der Waals surface area contributed by atoms with E-state index in [4.69, 9.17) is 4.74 Å². The Labute approximate surface area is 250 Å². The van der Waals surface area contributed by atoms with Crippen LogP contribution < -0.4 is 14.8 Å². The van der Waals surface area contributed by atoms with Crippen molar-refractivity contribution in [3.05, 3.63) is 69.4 Å². The maximum atomic E-state index is 13.4. The predicted molar refractivity (Wildman–Crippen MR) is 159 cm³/mol. The number of ether oxygens (including phenoxy) is 1. The third kappa shape index (κ3) is 4.97. The molecule has 0 radical (unpaired) electrons. The van der Waals surface area contributed by atoms with Crippen molar-refractivity contribution in [3.8, 4) is 5.75 Å². The summed E-state index contributed by atoms with van der Waals surface area (Å²) >= 11 is 0. The number of sulfonamides is 1. The highest BCUT2D eigenvalue weighted by Gasteiger charge is 2.44. The Balaban J connectivity index is 1.17. The molecule has 0 saturated carbocycles. The lowest BCUT2D eigenvalue weighted by atomic mass is 9.77. The second kappa shape index (κ2) is 10.5. The normalized spacial score (nSPS) is 17.0. The summed E-state index contributed by atoms with van der Waals surface area (Å²) in [6.07, 6.45) is 5.81. The molecule has 226 valence electrons. The number of nitrogens with one attached hydrogen (secondary N) is 2. The number of fused-ring (bicyclic) bond motifs is 3. The van der Waals surface area contributed by atoms with Gasteiger partial charge in [-0.2, -0.15) is 13.5 Å². The summed E-state index contributed by atoms with van der Waals surface area (Å²) in [5.74, 6) is -0.274. The van der Waals surface area contributed by atoms with Gasteiger partial charge in [0.2, 0.25) is 5.91 Å². The maximum Gasteiger partial charge on any atom is 0.333 e. The number of hydrogen-bond donors (Lipinski definition) is 2. The molecule has 11 nitrogen and oxygen atoms in total. The summed E-state index contributed by atoms with van der Waals surface area (Å²) in [5.41, 5.74) is 5.95. The van der Waals surface area contributed by atoms with Gasteiger partial charge in [-0.1, -0.05) is 12.1 Å². The topological polar surface area (TPSA) is 140 Å². The fraction of sp³-hybridized carbons (Fsp3) is 0.419. The number of aryl methyl sites for hydroxylation is 3. The summed E-state index contributed by atoms with van der Waals surface area (Å²) in [4.78, 5) is 40.9. The van der Waals surface area contributed by atoms with Crippen LogP contribution in [-0.4, -0.2) is 54.6 Å². The predicted octanol–water partition coefficient (Wildman–Crippen LogP) is 3.42. The van der Waals surface area contributed by atoms with E-state index in [2.05, 4.69) is 21.2 Å². The molecule has 0 unspecified atom stereocenters. The van der Waals surface area contributed by atoms with Crippen LogP contribution >= 0.6 is 0 Å². The van der Waals surface area contributed by atoms with Gasteiger partial charge in [0.15, 0.2) is 5.03 Å². The lowest BCUT2D eigenvalue weighted by molar-refractivity contribution is -0.134. The number of carbonyl (C=O) groups excluding carboxylic acids is 3. The van der Waals surface area contributed by atoms with Crippen molar-refractivity contribution in [1.29, 1.82) is 0 Å². The summed E-state index contributed by atoms with van der Waals surface area (Å²) in [5, 5.41) is 6.64. The molecule has 1 aliphatic heterocycles. The van der Waals surface area contributed by atoms with E-state index in [-0.39, 0.29) is 23.9 Å². The Kier molecular flexibility index (Phi) is 7.07. The van der Waals surface area contributed by atoms with E-state index in [1.165, 1.54) is 33.9 Å². The Morgan fingerprint density at radius 1 is 1.02 bits per heavy atom. The molecule has 1 aromatic heterocycles. The smallest absolute Gasteiger partial charge is 0.333 e. The van der Waals surface area contributed by atoms with Crippen molar-refractivity contribution in [2.45, 2.75) is 69.2 Å². The van der Waals surface area contributed by atoms with E-state index in [9.17, 15) is 22.8 Å². The molecule has 43 heavy (non-hydrogen) atoms. The molecule has 0 saturated heterocycles. The molecule has 0 spiro atoms. The summed E-state index contributed by atoms with van der Waals surface area (Å²) in [6.45, 7) is 3.56. The molecule has 2 aromatic carbocycles. The maximum absolute atomic E-state index is 13.4. The van der Waals surface area contributed by atoms with Gasteiger partial charge in [0.05, 0.1) is 12.5 Å². The number of carbonyl (C=O) groups is 3. The minimum absolute atomic E-state index is 0.0227. The molecule has 3 aromatic rings. The summed E-state index contributed by atoms with van der Waals surface area (Å²) < 4.78 is 35.1. The molecular weight excluding hydrogens is 570 g/mol. The second-order valence-electron chi connectivity index (χ2n) is 11.9. The Hall–Kier alpha value is -4.19. The van der Waals surface area contributed by atoms with E-state index in [0.29, 0.717) is 22.6 Å². The van der Waals surface area contributed by atoms with Gasteiger partial charge in [-0.25, -0.2) is 9.52 Å². The van der Waals surface area contributed by atoms with Gasteiger partial charge < -0.3 is 10.1 Å².